The molecule has 0 aromatic heterocycles. The number of rotatable bonds is 6. The van der Waals surface area contributed by atoms with Gasteiger partial charge in [0, 0.05) is 30.2 Å². The number of anilines is 1. The molecule has 4 fully saturated rings. The number of thiocarbonyl (C=S) groups is 1. The van der Waals surface area contributed by atoms with Crippen molar-refractivity contribution in [2.45, 2.75) is 91.9 Å². The van der Waals surface area contributed by atoms with Crippen LogP contribution in [0.3, 0.4) is 0 Å². The molecule has 40 heavy (non-hydrogen) atoms. The second-order valence-electron chi connectivity index (χ2n) is 13.7. The highest BCUT2D eigenvalue weighted by molar-refractivity contribution is 7.80. The minimum Gasteiger partial charge on any atom is -0.469 e. The summed E-state index contributed by atoms with van der Waals surface area (Å²) in [6.45, 7) is 9.32. The SMILES string of the molecule is COC(=O)CC[C@@H](C)[C@H]1CC[C@H]2[C@@H]3C(=O)C[C@@H]4C/C(=N/NC(=S)Nc5ccc(C)cc5)CC[C@]4(C)[C@H]3CC[C@]12C. The number of methoxy groups -OCH3 is 1. The summed E-state index contributed by atoms with van der Waals surface area (Å²) in [4.78, 5) is 25.7. The van der Waals surface area contributed by atoms with E-state index in [0.29, 0.717) is 53.3 Å². The molecule has 6 nitrogen and oxygen atoms in total. The highest BCUT2D eigenvalue weighted by Crippen LogP contribution is 2.67. The molecular weight excluding hydrogens is 518 g/mol. The van der Waals surface area contributed by atoms with Crippen LogP contribution in [0.1, 0.15) is 90.5 Å². The number of esters is 1. The number of ether oxygens (including phenoxy) is 1. The van der Waals surface area contributed by atoms with E-state index in [0.717, 1.165) is 49.9 Å². The molecule has 218 valence electrons. The van der Waals surface area contributed by atoms with Crippen LogP contribution < -0.4 is 10.7 Å². The summed E-state index contributed by atoms with van der Waals surface area (Å²) in [6.07, 6.45) is 9.64. The van der Waals surface area contributed by atoms with E-state index in [9.17, 15) is 9.59 Å². The topological polar surface area (TPSA) is 79.8 Å². The van der Waals surface area contributed by atoms with Crippen molar-refractivity contribution in [2.24, 2.45) is 51.4 Å². The quantitative estimate of drug-likeness (QED) is 0.218. The van der Waals surface area contributed by atoms with Gasteiger partial charge in [0.25, 0.3) is 0 Å². The number of carbonyl (C=O) groups excluding carboxylic acids is 2. The van der Waals surface area contributed by atoms with Crippen LogP contribution in [0, 0.1) is 53.3 Å². The van der Waals surface area contributed by atoms with Crippen molar-refractivity contribution in [1.82, 2.24) is 5.43 Å². The van der Waals surface area contributed by atoms with Gasteiger partial charge in [-0.2, -0.15) is 5.10 Å². The molecule has 4 aliphatic rings. The van der Waals surface area contributed by atoms with E-state index in [4.69, 9.17) is 22.1 Å². The number of Topliss-reactive ketones (excluding diaryl/α,β-unsaturated/α-hetero) is 1. The zero-order chi connectivity index (χ0) is 28.7. The predicted octanol–water partition coefficient (Wildman–Crippen LogP) is 7.06. The summed E-state index contributed by atoms with van der Waals surface area (Å²) < 4.78 is 4.90. The molecule has 1 aromatic rings. The van der Waals surface area contributed by atoms with E-state index in [-0.39, 0.29) is 22.7 Å². The number of hydrazone groups is 1. The van der Waals surface area contributed by atoms with Crippen LogP contribution in [0.4, 0.5) is 5.69 Å². The molecule has 0 spiro atoms. The maximum absolute atomic E-state index is 13.9. The molecule has 0 heterocycles. The molecule has 4 aliphatic carbocycles. The van der Waals surface area contributed by atoms with Crippen LogP contribution in [0.5, 0.6) is 0 Å². The van der Waals surface area contributed by atoms with Crippen molar-refractivity contribution in [3.63, 3.8) is 0 Å². The summed E-state index contributed by atoms with van der Waals surface area (Å²) in [7, 11) is 1.47. The Morgan fingerprint density at radius 3 is 2.55 bits per heavy atom. The Balaban J connectivity index is 1.23. The van der Waals surface area contributed by atoms with Gasteiger partial charge in [0.1, 0.15) is 5.78 Å². The van der Waals surface area contributed by atoms with Crippen LogP contribution in [0.25, 0.3) is 0 Å². The molecular formula is C33H47N3O3S. The van der Waals surface area contributed by atoms with Gasteiger partial charge in [-0.3, -0.25) is 15.0 Å². The Bertz CT molecular complexity index is 1170. The van der Waals surface area contributed by atoms with Gasteiger partial charge >= 0.3 is 5.97 Å². The van der Waals surface area contributed by atoms with Crippen LogP contribution >= 0.6 is 12.2 Å². The molecule has 0 aliphatic heterocycles. The first kappa shape index (κ1) is 29.2. The van der Waals surface area contributed by atoms with Crippen molar-refractivity contribution in [2.75, 3.05) is 12.4 Å². The van der Waals surface area contributed by atoms with Crippen LogP contribution in [-0.4, -0.2) is 29.7 Å². The predicted molar refractivity (Wildman–Crippen MR) is 164 cm³/mol. The molecule has 5 rings (SSSR count). The average Bonchev–Trinajstić information content (AvgIpc) is 3.29. The molecule has 4 saturated carbocycles. The highest BCUT2D eigenvalue weighted by Gasteiger charge is 2.62. The summed E-state index contributed by atoms with van der Waals surface area (Å²) in [6, 6.07) is 8.13. The highest BCUT2D eigenvalue weighted by atomic mass is 32.1. The van der Waals surface area contributed by atoms with Crippen molar-refractivity contribution in [3.05, 3.63) is 29.8 Å². The van der Waals surface area contributed by atoms with Gasteiger partial charge in [-0.05, 0) is 123 Å². The molecule has 7 heteroatoms. The number of benzene rings is 1. The van der Waals surface area contributed by atoms with Crippen molar-refractivity contribution in [1.29, 1.82) is 0 Å². The van der Waals surface area contributed by atoms with Crippen LogP contribution in [0.15, 0.2) is 29.4 Å². The Labute approximate surface area is 245 Å². The third-order valence-electron chi connectivity index (χ3n) is 11.7. The first-order valence-electron chi connectivity index (χ1n) is 15.3. The van der Waals surface area contributed by atoms with E-state index in [2.05, 4.69) is 50.6 Å². The molecule has 0 radical (unpaired) electrons. The number of hydrogen-bond acceptors (Lipinski definition) is 5. The van der Waals surface area contributed by atoms with Gasteiger partial charge in [0.2, 0.25) is 0 Å². The maximum Gasteiger partial charge on any atom is 0.305 e. The maximum atomic E-state index is 13.9. The molecule has 8 atom stereocenters. The molecule has 1 aromatic carbocycles. The number of carbonyl (C=O) groups is 2. The van der Waals surface area contributed by atoms with Crippen molar-refractivity contribution < 1.29 is 14.3 Å². The lowest BCUT2D eigenvalue weighted by molar-refractivity contribution is -0.153. The van der Waals surface area contributed by atoms with E-state index < -0.39 is 0 Å². The first-order chi connectivity index (χ1) is 19.0. The summed E-state index contributed by atoms with van der Waals surface area (Å²) in [5, 5.41) is 8.40. The minimum atomic E-state index is -0.114. The zero-order valence-electron chi connectivity index (χ0n) is 24.9. The minimum absolute atomic E-state index is 0.114. The second kappa shape index (κ2) is 11.5. The number of fused-ring (bicyclic) bond motifs is 5. The molecule has 0 unspecified atom stereocenters. The number of nitrogens with zero attached hydrogens (tertiary/aromatic N) is 1. The number of hydrogen-bond donors (Lipinski definition) is 2. The zero-order valence-corrected chi connectivity index (χ0v) is 25.7. The number of ketones is 1. The monoisotopic (exact) mass is 565 g/mol. The average molecular weight is 566 g/mol. The van der Waals surface area contributed by atoms with Gasteiger partial charge in [0.15, 0.2) is 5.11 Å². The van der Waals surface area contributed by atoms with Crippen LogP contribution in [0.2, 0.25) is 0 Å². The Hall–Kier alpha value is -2.28. The summed E-state index contributed by atoms with van der Waals surface area (Å²) >= 11 is 5.48. The Morgan fingerprint density at radius 1 is 1.10 bits per heavy atom. The molecule has 2 N–H and O–H groups in total. The van der Waals surface area contributed by atoms with E-state index in [1.165, 1.54) is 25.5 Å². The third kappa shape index (κ3) is 5.47. The summed E-state index contributed by atoms with van der Waals surface area (Å²) in [5.74, 6) is 2.93. The molecule has 0 saturated heterocycles. The van der Waals surface area contributed by atoms with Crippen molar-refractivity contribution >= 4 is 40.5 Å². The van der Waals surface area contributed by atoms with Gasteiger partial charge in [0.05, 0.1) is 7.11 Å². The van der Waals surface area contributed by atoms with Gasteiger partial charge in [-0.25, -0.2) is 0 Å². The van der Waals surface area contributed by atoms with E-state index >= 15 is 0 Å². The lowest BCUT2D eigenvalue weighted by atomic mass is 9.44. The van der Waals surface area contributed by atoms with Gasteiger partial charge in [-0.15, -0.1) is 0 Å². The van der Waals surface area contributed by atoms with Crippen LogP contribution in [-0.2, 0) is 14.3 Å². The standard InChI is InChI=1S/C33H47N3O3S/c1-20-6-9-23(10-7-20)34-31(40)36-35-24-14-16-32(3)22(18-24)19-28(37)30-26-12-11-25(21(2)8-13-29(38)39-5)33(26,4)17-15-27(30)32/h6-7,9-10,21-22,25-27,30H,8,11-19H2,1-5H3,(H2,34,36,40)/b35-24+/t21-,22+,25-,26+,27+,30+,32+,33-/m1/s1. The lowest BCUT2D eigenvalue weighted by Gasteiger charge is -2.60. The fraction of sp³-hybridized carbons (Fsp3) is 0.697. The lowest BCUT2D eigenvalue weighted by Crippen LogP contribution is -2.57. The van der Waals surface area contributed by atoms with Crippen molar-refractivity contribution in [3.8, 4) is 0 Å². The van der Waals surface area contributed by atoms with E-state index in [1.807, 2.05) is 12.1 Å². The number of aryl methyl sites for hydroxylation is 1. The number of nitrogens with one attached hydrogen (secondary N) is 2. The third-order valence-corrected chi connectivity index (χ3v) is 11.9. The largest absolute Gasteiger partial charge is 0.469 e. The van der Waals surface area contributed by atoms with E-state index in [1.54, 1.807) is 0 Å². The molecule has 0 amide bonds. The fourth-order valence-corrected chi connectivity index (χ4v) is 9.55. The smallest absolute Gasteiger partial charge is 0.305 e. The van der Waals surface area contributed by atoms with Gasteiger partial charge < -0.3 is 10.1 Å². The Morgan fingerprint density at radius 2 is 1.82 bits per heavy atom. The second-order valence-corrected chi connectivity index (χ2v) is 14.2. The van der Waals surface area contributed by atoms with Gasteiger partial charge in [-0.1, -0.05) is 38.5 Å². The fourth-order valence-electron chi connectivity index (χ4n) is 9.39. The Kier molecular flexibility index (Phi) is 8.43. The molecule has 0 bridgehead atoms. The normalized spacial score (nSPS) is 36.7. The first-order valence-corrected chi connectivity index (χ1v) is 15.7. The summed E-state index contributed by atoms with van der Waals surface area (Å²) in [5.41, 5.74) is 6.72.